The van der Waals surface area contributed by atoms with Crippen LogP contribution in [0.1, 0.15) is 265 Å². The summed E-state index contributed by atoms with van der Waals surface area (Å²) in [5.41, 5.74) is 0. The second-order valence-electron chi connectivity index (χ2n) is 18.8. The molecule has 0 aliphatic rings. The number of hydrogen-bond donors (Lipinski definition) is 0. The van der Waals surface area contributed by atoms with E-state index in [0.717, 1.165) is 77.0 Å². The van der Waals surface area contributed by atoms with E-state index in [1.807, 2.05) is 0 Å². The van der Waals surface area contributed by atoms with Crippen molar-refractivity contribution in [2.45, 2.75) is 271 Å². The molecule has 0 radical (unpaired) electrons. The first kappa shape index (κ1) is 65.3. The number of esters is 3. The van der Waals surface area contributed by atoms with Crippen LogP contribution in [0.15, 0.2) is 97.2 Å². The van der Waals surface area contributed by atoms with Crippen LogP contribution in [0.5, 0.6) is 0 Å². The zero-order valence-corrected chi connectivity index (χ0v) is 45.0. The average molecular weight is 960 g/mol. The van der Waals surface area contributed by atoms with Gasteiger partial charge in [-0.2, -0.15) is 0 Å². The van der Waals surface area contributed by atoms with E-state index in [4.69, 9.17) is 14.2 Å². The lowest BCUT2D eigenvalue weighted by atomic mass is 10.0. The molecule has 0 rings (SSSR count). The summed E-state index contributed by atoms with van der Waals surface area (Å²) in [4.78, 5) is 38.1. The number of ether oxygens (including phenoxy) is 3. The minimum Gasteiger partial charge on any atom is -0.462 e. The Kier molecular flexibility index (Phi) is 53.9. The molecule has 6 nitrogen and oxygen atoms in total. The van der Waals surface area contributed by atoms with Crippen LogP contribution < -0.4 is 0 Å². The average Bonchev–Trinajstić information content (AvgIpc) is 3.35. The van der Waals surface area contributed by atoms with E-state index in [1.165, 1.54) is 135 Å². The van der Waals surface area contributed by atoms with Gasteiger partial charge in [-0.25, -0.2) is 0 Å². The zero-order chi connectivity index (χ0) is 50.0. The molecule has 1 atom stereocenters. The number of rotatable bonds is 51. The lowest BCUT2D eigenvalue weighted by Crippen LogP contribution is -2.30. The normalized spacial score (nSPS) is 12.8. The van der Waals surface area contributed by atoms with Crippen molar-refractivity contribution >= 4 is 17.9 Å². The van der Waals surface area contributed by atoms with Gasteiger partial charge in [-0.05, 0) is 89.9 Å². The Labute approximate surface area is 426 Å². The maximum Gasteiger partial charge on any atom is 0.306 e. The maximum atomic E-state index is 12.8. The van der Waals surface area contributed by atoms with Gasteiger partial charge in [-0.1, -0.05) is 253 Å². The van der Waals surface area contributed by atoms with Crippen molar-refractivity contribution in [2.24, 2.45) is 0 Å². The molecular weight excluding hydrogens is 853 g/mol. The molecule has 0 aliphatic heterocycles. The fourth-order valence-corrected chi connectivity index (χ4v) is 7.79. The van der Waals surface area contributed by atoms with Gasteiger partial charge < -0.3 is 14.2 Å². The standard InChI is InChI=1S/C63H106O6/c1-4-7-10-13-16-19-22-25-28-31-34-37-40-43-46-49-52-55-61(64)67-58-60(69-63(66)57-54-51-48-45-42-39-36-33-30-27-24-21-18-15-12-9-6-3)59-68-62(65)56-53-50-47-44-41-38-35-32-29-26-23-20-17-14-11-8-5-2/h9,12,18,21,25,27-28,30,34,36-37,39,43,45-46,48,60H,4-8,10-11,13-17,19-20,22-24,26,29,31-33,35,38,40-42,44,47,49-59H2,1-3H3/b12-9-,21-18-,28-25-,30-27-,37-34-,39-36-,46-43-,48-45-/t60-/m1/s1. The van der Waals surface area contributed by atoms with Gasteiger partial charge in [-0.15, -0.1) is 0 Å². The minimum absolute atomic E-state index is 0.114. The molecule has 394 valence electrons. The van der Waals surface area contributed by atoms with Crippen LogP contribution in [0.2, 0.25) is 0 Å². The molecule has 0 aromatic carbocycles. The van der Waals surface area contributed by atoms with Crippen molar-refractivity contribution in [1.82, 2.24) is 0 Å². The predicted octanol–water partition coefficient (Wildman–Crippen LogP) is 19.3. The van der Waals surface area contributed by atoms with E-state index in [1.54, 1.807) is 0 Å². The molecule has 0 aromatic heterocycles. The first-order valence-corrected chi connectivity index (χ1v) is 28.7. The highest BCUT2D eigenvalue weighted by molar-refractivity contribution is 5.71. The van der Waals surface area contributed by atoms with Crippen LogP contribution in [0.4, 0.5) is 0 Å². The summed E-state index contributed by atoms with van der Waals surface area (Å²) in [6, 6.07) is 0. The second-order valence-corrected chi connectivity index (χ2v) is 18.8. The fraction of sp³-hybridized carbons (Fsp3) is 0.698. The molecule has 0 saturated heterocycles. The Balaban J connectivity index is 4.53. The summed E-state index contributed by atoms with van der Waals surface area (Å²) >= 11 is 0. The molecule has 0 aliphatic carbocycles. The van der Waals surface area contributed by atoms with Gasteiger partial charge in [0.1, 0.15) is 13.2 Å². The topological polar surface area (TPSA) is 78.9 Å². The molecule has 0 unspecified atom stereocenters. The Morgan fingerprint density at radius 2 is 0.580 bits per heavy atom. The molecular formula is C63H106O6. The molecule has 0 amide bonds. The number of hydrogen-bond acceptors (Lipinski definition) is 6. The lowest BCUT2D eigenvalue weighted by Gasteiger charge is -2.18. The van der Waals surface area contributed by atoms with Gasteiger partial charge >= 0.3 is 17.9 Å². The van der Waals surface area contributed by atoms with Crippen molar-refractivity contribution in [3.05, 3.63) is 97.2 Å². The molecule has 6 heteroatoms. The summed E-state index contributed by atoms with van der Waals surface area (Å²) in [6.45, 7) is 6.44. The molecule has 0 fully saturated rings. The summed E-state index contributed by atoms with van der Waals surface area (Å²) < 4.78 is 16.8. The Morgan fingerprint density at radius 1 is 0.304 bits per heavy atom. The van der Waals surface area contributed by atoms with E-state index < -0.39 is 6.10 Å². The van der Waals surface area contributed by atoms with Crippen LogP contribution >= 0.6 is 0 Å². The highest BCUT2D eigenvalue weighted by Crippen LogP contribution is 2.15. The highest BCUT2D eigenvalue weighted by Gasteiger charge is 2.19. The number of carbonyl (C=O) groups excluding carboxylic acids is 3. The second kappa shape index (κ2) is 56.9. The van der Waals surface area contributed by atoms with E-state index in [9.17, 15) is 14.4 Å². The molecule has 0 aromatic rings. The first-order chi connectivity index (χ1) is 34.0. The van der Waals surface area contributed by atoms with Gasteiger partial charge in [-0.3, -0.25) is 14.4 Å². The molecule has 0 saturated carbocycles. The van der Waals surface area contributed by atoms with Crippen LogP contribution in [0, 0.1) is 0 Å². The fourth-order valence-electron chi connectivity index (χ4n) is 7.79. The van der Waals surface area contributed by atoms with E-state index in [0.29, 0.717) is 19.3 Å². The van der Waals surface area contributed by atoms with Gasteiger partial charge in [0.05, 0.1) is 0 Å². The van der Waals surface area contributed by atoms with E-state index >= 15 is 0 Å². The van der Waals surface area contributed by atoms with Gasteiger partial charge in [0.2, 0.25) is 0 Å². The van der Waals surface area contributed by atoms with Crippen LogP contribution in [-0.2, 0) is 28.6 Å². The van der Waals surface area contributed by atoms with E-state index in [2.05, 4.69) is 118 Å². The molecule has 69 heavy (non-hydrogen) atoms. The third kappa shape index (κ3) is 55.1. The van der Waals surface area contributed by atoms with Gasteiger partial charge in [0, 0.05) is 19.3 Å². The Morgan fingerprint density at radius 3 is 0.942 bits per heavy atom. The van der Waals surface area contributed by atoms with Crippen molar-refractivity contribution in [3.8, 4) is 0 Å². The Bertz CT molecular complexity index is 1380. The van der Waals surface area contributed by atoms with Crippen molar-refractivity contribution in [1.29, 1.82) is 0 Å². The molecule has 0 heterocycles. The third-order valence-corrected chi connectivity index (χ3v) is 12.1. The molecule has 0 spiro atoms. The minimum atomic E-state index is -0.827. The van der Waals surface area contributed by atoms with Crippen LogP contribution in [0.3, 0.4) is 0 Å². The smallest absolute Gasteiger partial charge is 0.306 e. The predicted molar refractivity (Wildman–Crippen MR) is 297 cm³/mol. The SMILES string of the molecule is CC/C=C\C/C=C\C/C=C\C/C=C\C/C=C\CCCC(=O)O[C@H](COC(=O)CCC/C=C\C/C=C\C/C=C\CCCCCCCC)COC(=O)CCCCCCCCCCCCCCCCCCC. The third-order valence-electron chi connectivity index (χ3n) is 12.1. The van der Waals surface area contributed by atoms with Crippen LogP contribution in [0.25, 0.3) is 0 Å². The van der Waals surface area contributed by atoms with Gasteiger partial charge in [0.25, 0.3) is 0 Å². The number of allylic oxidation sites excluding steroid dienone is 16. The summed E-state index contributed by atoms with van der Waals surface area (Å²) in [5, 5.41) is 0. The molecule has 0 N–H and O–H groups in total. The first-order valence-electron chi connectivity index (χ1n) is 28.7. The lowest BCUT2D eigenvalue weighted by molar-refractivity contribution is -0.167. The Hall–Kier alpha value is -3.67. The summed E-state index contributed by atoms with van der Waals surface area (Å²) in [7, 11) is 0. The highest BCUT2D eigenvalue weighted by atomic mass is 16.6. The largest absolute Gasteiger partial charge is 0.462 e. The summed E-state index contributed by atoms with van der Waals surface area (Å²) in [5.74, 6) is -1.02. The maximum absolute atomic E-state index is 12.8. The molecule has 0 bridgehead atoms. The summed E-state index contributed by atoms with van der Waals surface area (Å²) in [6.07, 6.45) is 75.5. The van der Waals surface area contributed by atoms with Crippen molar-refractivity contribution < 1.29 is 28.6 Å². The van der Waals surface area contributed by atoms with Crippen molar-refractivity contribution in [2.75, 3.05) is 13.2 Å². The van der Waals surface area contributed by atoms with E-state index in [-0.39, 0.29) is 44.0 Å². The van der Waals surface area contributed by atoms with Gasteiger partial charge in [0.15, 0.2) is 6.10 Å². The monoisotopic (exact) mass is 959 g/mol. The quantitative estimate of drug-likeness (QED) is 0.0262. The number of carbonyl (C=O) groups is 3. The zero-order valence-electron chi connectivity index (χ0n) is 45.0. The van der Waals surface area contributed by atoms with Crippen molar-refractivity contribution in [3.63, 3.8) is 0 Å². The van der Waals surface area contributed by atoms with Crippen LogP contribution in [-0.4, -0.2) is 37.2 Å². The number of unbranched alkanes of at least 4 members (excludes halogenated alkanes) is 24.